The average molecular weight is 341 g/mol. The van der Waals surface area contributed by atoms with Crippen molar-refractivity contribution in [1.29, 1.82) is 0 Å². The van der Waals surface area contributed by atoms with Crippen LogP contribution in [0.4, 0.5) is 0 Å². The van der Waals surface area contributed by atoms with E-state index in [-0.39, 0.29) is 0 Å². The van der Waals surface area contributed by atoms with Gasteiger partial charge in [0.05, 0.1) is 12.3 Å². The van der Waals surface area contributed by atoms with Crippen LogP contribution in [0.5, 0.6) is 5.75 Å². The number of imidazole rings is 1. The molecule has 2 aromatic rings. The van der Waals surface area contributed by atoms with Crippen LogP contribution in [-0.4, -0.2) is 16.2 Å². The van der Waals surface area contributed by atoms with E-state index in [1.807, 2.05) is 12.1 Å². The molecule has 25 heavy (non-hydrogen) atoms. The maximum atomic E-state index is 5.71. The highest BCUT2D eigenvalue weighted by Crippen LogP contribution is 2.27. The fourth-order valence-corrected chi connectivity index (χ4v) is 2.99. The Morgan fingerprint density at radius 3 is 2.24 bits per heavy atom. The van der Waals surface area contributed by atoms with Gasteiger partial charge in [-0.2, -0.15) is 0 Å². The van der Waals surface area contributed by atoms with Crippen molar-refractivity contribution in [1.82, 2.24) is 9.55 Å². The number of rotatable bonds is 8. The summed E-state index contributed by atoms with van der Waals surface area (Å²) < 4.78 is 7.94. The summed E-state index contributed by atoms with van der Waals surface area (Å²) in [4.78, 5) is 4.86. The predicted molar refractivity (Wildman–Crippen MR) is 107 cm³/mol. The van der Waals surface area contributed by atoms with E-state index < -0.39 is 0 Å². The van der Waals surface area contributed by atoms with E-state index in [9.17, 15) is 0 Å². The van der Waals surface area contributed by atoms with Crippen molar-refractivity contribution < 1.29 is 4.74 Å². The highest BCUT2D eigenvalue weighted by Gasteiger charge is 2.18. The first-order chi connectivity index (χ1) is 11.9. The summed E-state index contributed by atoms with van der Waals surface area (Å²) in [7, 11) is 2.11. The van der Waals surface area contributed by atoms with Crippen LogP contribution >= 0.6 is 0 Å². The Kier molecular flexibility index (Phi) is 6.86. The van der Waals surface area contributed by atoms with E-state index in [4.69, 9.17) is 9.72 Å². The third kappa shape index (κ3) is 4.97. The smallest absolute Gasteiger partial charge is 0.132 e. The average Bonchev–Trinajstić information content (AvgIpc) is 2.91. The van der Waals surface area contributed by atoms with Crippen LogP contribution in [0.25, 0.3) is 12.2 Å². The van der Waals surface area contributed by atoms with Crippen molar-refractivity contribution in [2.75, 3.05) is 6.61 Å². The molecule has 3 heteroatoms. The van der Waals surface area contributed by atoms with Gasteiger partial charge in [0.1, 0.15) is 11.6 Å². The Labute approximate surface area is 152 Å². The molecule has 1 aromatic heterocycles. The van der Waals surface area contributed by atoms with Crippen LogP contribution in [-0.2, 0) is 7.05 Å². The molecule has 1 heterocycles. The molecule has 0 aliphatic carbocycles. The highest BCUT2D eigenvalue weighted by molar-refractivity contribution is 5.67. The second kappa shape index (κ2) is 8.89. The summed E-state index contributed by atoms with van der Waals surface area (Å²) >= 11 is 0. The third-order valence-corrected chi connectivity index (χ3v) is 4.37. The number of benzene rings is 1. The topological polar surface area (TPSA) is 27.1 Å². The molecule has 0 amide bonds. The summed E-state index contributed by atoms with van der Waals surface area (Å²) in [5.74, 6) is 2.85. The van der Waals surface area contributed by atoms with Crippen molar-refractivity contribution in [3.63, 3.8) is 0 Å². The lowest BCUT2D eigenvalue weighted by Gasteiger charge is -2.11. The Balaban J connectivity index is 2.15. The molecule has 0 atom stereocenters. The van der Waals surface area contributed by atoms with Gasteiger partial charge in [0.15, 0.2) is 0 Å². The lowest BCUT2D eigenvalue weighted by atomic mass is 10.0. The van der Waals surface area contributed by atoms with Crippen LogP contribution in [0, 0.1) is 0 Å². The predicted octanol–water partition coefficient (Wildman–Crippen LogP) is 6.02. The fraction of sp³-hybridized carbons (Fsp3) is 0.500. The molecule has 0 saturated heterocycles. The van der Waals surface area contributed by atoms with Crippen LogP contribution in [0.15, 0.2) is 24.3 Å². The molecule has 0 aliphatic rings. The molecule has 2 rings (SSSR count). The summed E-state index contributed by atoms with van der Waals surface area (Å²) in [6, 6.07) is 8.25. The van der Waals surface area contributed by atoms with E-state index >= 15 is 0 Å². The summed E-state index contributed by atoms with van der Waals surface area (Å²) in [5, 5.41) is 0. The van der Waals surface area contributed by atoms with Crippen molar-refractivity contribution in [2.24, 2.45) is 7.05 Å². The number of nitrogens with zero attached hydrogens (tertiary/aromatic N) is 2. The largest absolute Gasteiger partial charge is 0.494 e. The number of hydrogen-bond donors (Lipinski definition) is 0. The standard InChI is InChI=1S/C22H32N2O/c1-7-8-15-25-19-12-9-18(10-13-19)11-14-20-23-21(16(2)3)22(17(4)5)24(20)6/h9-14,16-17H,7-8,15H2,1-6H3/b14-11+. The van der Waals surface area contributed by atoms with Gasteiger partial charge in [-0.25, -0.2) is 4.98 Å². The van der Waals surface area contributed by atoms with Gasteiger partial charge >= 0.3 is 0 Å². The van der Waals surface area contributed by atoms with Gasteiger partial charge in [-0.05, 0) is 42.0 Å². The molecule has 0 spiro atoms. The first kappa shape index (κ1) is 19.3. The zero-order chi connectivity index (χ0) is 18.4. The van der Waals surface area contributed by atoms with Crippen molar-refractivity contribution in [3.05, 3.63) is 47.0 Å². The van der Waals surface area contributed by atoms with Gasteiger partial charge in [0.25, 0.3) is 0 Å². The Morgan fingerprint density at radius 2 is 1.72 bits per heavy atom. The van der Waals surface area contributed by atoms with Gasteiger partial charge in [0, 0.05) is 12.7 Å². The van der Waals surface area contributed by atoms with Crippen molar-refractivity contribution >= 4 is 12.2 Å². The summed E-state index contributed by atoms with van der Waals surface area (Å²) in [6.07, 6.45) is 6.47. The zero-order valence-electron chi connectivity index (χ0n) is 16.5. The molecule has 0 fully saturated rings. The minimum atomic E-state index is 0.435. The second-order valence-electron chi connectivity index (χ2n) is 7.21. The van der Waals surface area contributed by atoms with Crippen molar-refractivity contribution in [2.45, 2.75) is 59.3 Å². The molecular weight excluding hydrogens is 308 g/mol. The first-order valence-corrected chi connectivity index (χ1v) is 9.41. The van der Waals surface area contributed by atoms with Gasteiger partial charge in [-0.15, -0.1) is 0 Å². The van der Waals surface area contributed by atoms with Gasteiger partial charge in [-0.3, -0.25) is 0 Å². The zero-order valence-corrected chi connectivity index (χ0v) is 16.5. The van der Waals surface area contributed by atoms with Gasteiger partial charge in [-0.1, -0.05) is 59.2 Å². The molecule has 3 nitrogen and oxygen atoms in total. The lowest BCUT2D eigenvalue weighted by molar-refractivity contribution is 0.309. The Bertz CT molecular complexity index is 694. The normalized spacial score (nSPS) is 11.8. The van der Waals surface area contributed by atoms with Crippen LogP contribution in [0.2, 0.25) is 0 Å². The van der Waals surface area contributed by atoms with E-state index in [1.54, 1.807) is 0 Å². The molecule has 0 unspecified atom stereocenters. The monoisotopic (exact) mass is 340 g/mol. The van der Waals surface area contributed by atoms with E-state index in [0.717, 1.165) is 36.6 Å². The molecule has 0 aliphatic heterocycles. The first-order valence-electron chi connectivity index (χ1n) is 9.41. The summed E-state index contributed by atoms with van der Waals surface area (Å²) in [5.41, 5.74) is 3.69. The molecule has 0 bridgehead atoms. The van der Waals surface area contributed by atoms with Crippen LogP contribution in [0.3, 0.4) is 0 Å². The fourth-order valence-electron chi connectivity index (χ4n) is 2.99. The van der Waals surface area contributed by atoms with E-state index in [1.165, 1.54) is 11.4 Å². The number of hydrogen-bond acceptors (Lipinski definition) is 2. The minimum Gasteiger partial charge on any atom is -0.494 e. The number of ether oxygens (including phenoxy) is 1. The summed E-state index contributed by atoms with van der Waals surface area (Å²) in [6.45, 7) is 11.8. The quantitative estimate of drug-likeness (QED) is 0.550. The molecular formula is C22H32N2O. The minimum absolute atomic E-state index is 0.435. The maximum Gasteiger partial charge on any atom is 0.132 e. The van der Waals surface area contributed by atoms with Gasteiger partial charge < -0.3 is 9.30 Å². The SMILES string of the molecule is CCCCOc1ccc(/C=C/c2nc(C(C)C)c(C(C)C)n2C)cc1. The highest BCUT2D eigenvalue weighted by atomic mass is 16.5. The van der Waals surface area contributed by atoms with E-state index in [2.05, 4.69) is 70.5 Å². The lowest BCUT2D eigenvalue weighted by Crippen LogP contribution is -2.03. The molecule has 136 valence electrons. The molecule has 0 N–H and O–H groups in total. The van der Waals surface area contributed by atoms with Crippen LogP contribution < -0.4 is 4.74 Å². The van der Waals surface area contributed by atoms with E-state index in [0.29, 0.717) is 11.8 Å². The third-order valence-electron chi connectivity index (χ3n) is 4.37. The maximum absolute atomic E-state index is 5.71. The van der Waals surface area contributed by atoms with Crippen molar-refractivity contribution in [3.8, 4) is 5.75 Å². The van der Waals surface area contributed by atoms with Crippen LogP contribution in [0.1, 0.15) is 82.1 Å². The Morgan fingerprint density at radius 1 is 1.04 bits per heavy atom. The number of aromatic nitrogens is 2. The number of unbranched alkanes of at least 4 members (excludes halogenated alkanes) is 1. The van der Waals surface area contributed by atoms with Gasteiger partial charge in [0.2, 0.25) is 0 Å². The molecule has 0 radical (unpaired) electrons. The molecule has 0 saturated carbocycles. The second-order valence-corrected chi connectivity index (χ2v) is 7.21. The Hall–Kier alpha value is -2.03. The molecule has 1 aromatic carbocycles.